The van der Waals surface area contributed by atoms with Crippen LogP contribution in [-0.2, 0) is 11.2 Å². The molecule has 2 unspecified atom stereocenters. The molecule has 20 heavy (non-hydrogen) atoms. The fraction of sp³-hybridized carbons (Fsp3) is 0.750. The summed E-state index contributed by atoms with van der Waals surface area (Å²) in [4.78, 5) is 0. The number of aryl methyl sites for hydroxylation is 2. The number of ether oxygens (including phenoxy) is 1. The summed E-state index contributed by atoms with van der Waals surface area (Å²) in [7, 11) is 0. The van der Waals surface area contributed by atoms with E-state index in [-0.39, 0.29) is 11.5 Å². The van der Waals surface area contributed by atoms with Crippen LogP contribution >= 0.6 is 0 Å². The van der Waals surface area contributed by atoms with Gasteiger partial charge >= 0.3 is 0 Å². The summed E-state index contributed by atoms with van der Waals surface area (Å²) in [5, 5.41) is 19.2. The van der Waals surface area contributed by atoms with Crippen molar-refractivity contribution in [1.29, 1.82) is 0 Å². The Kier molecular flexibility index (Phi) is 3.78. The van der Waals surface area contributed by atoms with Gasteiger partial charge in [-0.2, -0.15) is 10.2 Å². The quantitative estimate of drug-likeness (QED) is 0.922. The zero-order valence-corrected chi connectivity index (χ0v) is 12.4. The monoisotopic (exact) mass is 276 g/mol. The predicted molar refractivity (Wildman–Crippen MR) is 76.4 cm³/mol. The zero-order chi connectivity index (χ0) is 14.2. The van der Waals surface area contributed by atoms with Crippen LogP contribution in [-0.4, -0.2) is 27.5 Å². The molecule has 1 saturated carbocycles. The van der Waals surface area contributed by atoms with E-state index in [0.717, 1.165) is 55.7 Å². The number of hydrogen-bond acceptors (Lipinski definition) is 4. The van der Waals surface area contributed by atoms with E-state index >= 15 is 0 Å². The first-order valence-electron chi connectivity index (χ1n) is 7.79. The number of aliphatic hydroxyl groups excluding tert-OH is 1. The van der Waals surface area contributed by atoms with Gasteiger partial charge in [0.2, 0.25) is 0 Å². The minimum atomic E-state index is -0.430. The van der Waals surface area contributed by atoms with Crippen LogP contribution in [0.15, 0.2) is 6.07 Å². The average molecular weight is 276 g/mol. The molecule has 1 N–H and O–H groups in total. The van der Waals surface area contributed by atoms with Crippen LogP contribution < -0.4 is 0 Å². The smallest absolute Gasteiger partial charge is 0.0839 e. The van der Waals surface area contributed by atoms with Crippen LogP contribution in [0.4, 0.5) is 0 Å². The van der Waals surface area contributed by atoms with E-state index in [4.69, 9.17) is 4.74 Å². The predicted octanol–water partition coefficient (Wildman–Crippen LogP) is 2.73. The first kappa shape index (κ1) is 14.0. The molecule has 2 fully saturated rings. The molecule has 0 radical (unpaired) electrons. The Labute approximate surface area is 120 Å². The highest BCUT2D eigenvalue weighted by Crippen LogP contribution is 2.47. The minimum Gasteiger partial charge on any atom is -0.388 e. The summed E-state index contributed by atoms with van der Waals surface area (Å²) < 4.78 is 5.96. The van der Waals surface area contributed by atoms with Crippen LogP contribution in [0.2, 0.25) is 0 Å². The zero-order valence-electron chi connectivity index (χ0n) is 12.4. The van der Waals surface area contributed by atoms with E-state index in [0.29, 0.717) is 0 Å². The molecule has 1 aliphatic carbocycles. The van der Waals surface area contributed by atoms with Gasteiger partial charge in [0.25, 0.3) is 0 Å². The minimum absolute atomic E-state index is 0.0752. The molecule has 1 aliphatic heterocycles. The lowest BCUT2D eigenvalue weighted by Crippen LogP contribution is -2.46. The normalized spacial score (nSPS) is 26.2. The van der Waals surface area contributed by atoms with Gasteiger partial charge in [-0.15, -0.1) is 0 Å². The van der Waals surface area contributed by atoms with E-state index in [1.807, 2.05) is 13.0 Å². The summed E-state index contributed by atoms with van der Waals surface area (Å²) in [6, 6.07) is 2.00. The Balaban J connectivity index is 1.81. The molecule has 1 saturated heterocycles. The number of rotatable bonds is 3. The lowest BCUT2D eigenvalue weighted by molar-refractivity contribution is -0.157. The SMILES string of the molecule is CCc1nnc(C)cc1C(O)C1CCOC2(CCC2)C1. The van der Waals surface area contributed by atoms with Crippen molar-refractivity contribution in [2.75, 3.05) is 6.61 Å². The lowest BCUT2D eigenvalue weighted by atomic mass is 9.70. The van der Waals surface area contributed by atoms with Crippen molar-refractivity contribution in [2.45, 2.75) is 64.1 Å². The highest BCUT2D eigenvalue weighted by molar-refractivity contribution is 5.24. The van der Waals surface area contributed by atoms with E-state index < -0.39 is 6.10 Å². The van der Waals surface area contributed by atoms with Gasteiger partial charge in [0.15, 0.2) is 0 Å². The van der Waals surface area contributed by atoms with Gasteiger partial charge in [0.05, 0.1) is 23.1 Å². The molecule has 3 rings (SSSR count). The van der Waals surface area contributed by atoms with Gasteiger partial charge in [0, 0.05) is 12.2 Å². The Hall–Kier alpha value is -1.00. The lowest BCUT2D eigenvalue weighted by Gasteiger charge is -2.48. The molecule has 1 aromatic heterocycles. The van der Waals surface area contributed by atoms with E-state index in [1.54, 1.807) is 0 Å². The van der Waals surface area contributed by atoms with Crippen molar-refractivity contribution in [1.82, 2.24) is 10.2 Å². The van der Waals surface area contributed by atoms with E-state index in [9.17, 15) is 5.11 Å². The second-order valence-corrected chi connectivity index (χ2v) is 6.32. The molecule has 4 nitrogen and oxygen atoms in total. The number of hydrogen-bond donors (Lipinski definition) is 1. The van der Waals surface area contributed by atoms with Gasteiger partial charge in [-0.3, -0.25) is 0 Å². The van der Waals surface area contributed by atoms with Gasteiger partial charge in [-0.25, -0.2) is 0 Å². The third kappa shape index (κ3) is 2.47. The van der Waals surface area contributed by atoms with Crippen molar-refractivity contribution in [2.24, 2.45) is 5.92 Å². The topological polar surface area (TPSA) is 55.2 Å². The summed E-state index contributed by atoms with van der Waals surface area (Å²) in [5.41, 5.74) is 2.85. The standard InChI is InChI=1S/C16H24N2O2/c1-3-14-13(9-11(2)17-18-14)15(19)12-5-8-20-16(10-12)6-4-7-16/h9,12,15,19H,3-8,10H2,1-2H3. The van der Waals surface area contributed by atoms with Gasteiger partial charge in [-0.05, 0) is 57.4 Å². The van der Waals surface area contributed by atoms with Crippen LogP contribution in [0.3, 0.4) is 0 Å². The van der Waals surface area contributed by atoms with Crippen LogP contribution in [0.5, 0.6) is 0 Å². The Morgan fingerprint density at radius 2 is 2.25 bits per heavy atom. The third-order valence-corrected chi connectivity index (χ3v) is 4.92. The van der Waals surface area contributed by atoms with E-state index in [2.05, 4.69) is 17.1 Å². The van der Waals surface area contributed by atoms with Crippen LogP contribution in [0, 0.1) is 12.8 Å². The van der Waals surface area contributed by atoms with Crippen molar-refractivity contribution in [3.63, 3.8) is 0 Å². The van der Waals surface area contributed by atoms with Crippen molar-refractivity contribution < 1.29 is 9.84 Å². The summed E-state index contributed by atoms with van der Waals surface area (Å²) in [5.74, 6) is 0.290. The van der Waals surface area contributed by atoms with Crippen LogP contribution in [0.25, 0.3) is 0 Å². The summed E-state index contributed by atoms with van der Waals surface area (Å²) in [6.45, 7) is 4.77. The molecule has 0 amide bonds. The molecule has 2 atom stereocenters. The van der Waals surface area contributed by atoms with E-state index in [1.165, 1.54) is 6.42 Å². The summed E-state index contributed by atoms with van der Waals surface area (Å²) >= 11 is 0. The molecular formula is C16H24N2O2. The molecule has 0 bridgehead atoms. The number of aliphatic hydroxyl groups is 1. The third-order valence-electron chi connectivity index (χ3n) is 4.92. The van der Waals surface area contributed by atoms with Crippen molar-refractivity contribution in [3.05, 3.63) is 23.0 Å². The first-order chi connectivity index (χ1) is 9.63. The molecular weight excluding hydrogens is 252 g/mol. The first-order valence-corrected chi connectivity index (χ1v) is 7.79. The maximum atomic E-state index is 10.8. The molecule has 2 aliphatic rings. The van der Waals surface area contributed by atoms with Crippen molar-refractivity contribution in [3.8, 4) is 0 Å². The molecule has 110 valence electrons. The Morgan fingerprint density at radius 3 is 2.90 bits per heavy atom. The molecule has 0 aromatic carbocycles. The maximum absolute atomic E-state index is 10.8. The molecule has 1 spiro atoms. The second-order valence-electron chi connectivity index (χ2n) is 6.32. The highest BCUT2D eigenvalue weighted by Gasteiger charge is 2.44. The molecule has 1 aromatic rings. The maximum Gasteiger partial charge on any atom is 0.0839 e. The van der Waals surface area contributed by atoms with Crippen LogP contribution in [0.1, 0.15) is 62.1 Å². The van der Waals surface area contributed by atoms with Crippen molar-refractivity contribution >= 4 is 0 Å². The van der Waals surface area contributed by atoms with Gasteiger partial charge in [-0.1, -0.05) is 6.92 Å². The highest BCUT2D eigenvalue weighted by atomic mass is 16.5. The number of nitrogens with zero attached hydrogens (tertiary/aromatic N) is 2. The molecule has 2 heterocycles. The Bertz CT molecular complexity index is 485. The number of aromatic nitrogens is 2. The summed E-state index contributed by atoms with van der Waals surface area (Å²) in [6.07, 6.45) is 5.88. The Morgan fingerprint density at radius 1 is 1.45 bits per heavy atom. The second kappa shape index (κ2) is 5.41. The largest absolute Gasteiger partial charge is 0.388 e. The van der Waals surface area contributed by atoms with Gasteiger partial charge < -0.3 is 9.84 Å². The average Bonchev–Trinajstić information content (AvgIpc) is 2.45. The fourth-order valence-corrected chi connectivity index (χ4v) is 3.57. The fourth-order valence-electron chi connectivity index (χ4n) is 3.57. The van der Waals surface area contributed by atoms with Gasteiger partial charge in [0.1, 0.15) is 0 Å². The molecule has 4 heteroatoms.